The summed E-state index contributed by atoms with van der Waals surface area (Å²) in [6.45, 7) is 0. The van der Waals surface area contributed by atoms with Crippen molar-refractivity contribution in [2.45, 2.75) is 103 Å². The van der Waals surface area contributed by atoms with Gasteiger partial charge in [0.2, 0.25) is 0 Å². The van der Waals surface area contributed by atoms with Gasteiger partial charge in [0.15, 0.2) is 0 Å². The highest BCUT2D eigenvalue weighted by atomic mass is 16.5. The molecule has 0 aliphatic rings. The molecule has 0 aromatic rings. The van der Waals surface area contributed by atoms with E-state index in [1.807, 2.05) is 0 Å². The second-order valence-electron chi connectivity index (χ2n) is 6.93. The smallest absolute Gasteiger partial charge is 0.305 e. The van der Waals surface area contributed by atoms with Gasteiger partial charge in [0.1, 0.15) is 5.78 Å². The van der Waals surface area contributed by atoms with E-state index in [-0.39, 0.29) is 11.9 Å². The van der Waals surface area contributed by atoms with Crippen molar-refractivity contribution in [1.29, 1.82) is 0 Å². The maximum absolute atomic E-state index is 11.8. The summed E-state index contributed by atoms with van der Waals surface area (Å²) in [6, 6.07) is 0. The maximum Gasteiger partial charge on any atom is 0.305 e. The van der Waals surface area contributed by atoms with E-state index in [2.05, 4.69) is 9.47 Å². The number of hydrogen-bond donors (Lipinski definition) is 0. The quantitative estimate of drug-likeness (QED) is 0.247. The number of unbranched alkanes of at least 4 members (excludes halogenated alkanes) is 10. The van der Waals surface area contributed by atoms with Crippen LogP contribution >= 0.6 is 0 Å². The molecule has 5 heteroatoms. The van der Waals surface area contributed by atoms with E-state index in [9.17, 15) is 14.4 Å². The number of rotatable bonds is 18. The van der Waals surface area contributed by atoms with Gasteiger partial charge in [-0.2, -0.15) is 0 Å². The summed E-state index contributed by atoms with van der Waals surface area (Å²) in [5.74, 6) is 0.134. The summed E-state index contributed by atoms with van der Waals surface area (Å²) in [5.41, 5.74) is 0. The lowest BCUT2D eigenvalue weighted by atomic mass is 10.0. The number of carbonyl (C=O) groups excluding carboxylic acids is 3. The summed E-state index contributed by atoms with van der Waals surface area (Å²) in [7, 11) is 2.85. The Morgan fingerprint density at radius 1 is 0.462 bits per heavy atom. The fourth-order valence-corrected chi connectivity index (χ4v) is 2.93. The van der Waals surface area contributed by atoms with Crippen LogP contribution in [0.4, 0.5) is 0 Å². The second kappa shape index (κ2) is 18.4. The van der Waals surface area contributed by atoms with Gasteiger partial charge in [-0.1, -0.05) is 51.4 Å². The molecule has 0 aromatic carbocycles. The number of esters is 2. The molecule has 0 saturated heterocycles. The Bertz CT molecular complexity index is 345. The molecule has 0 aromatic heterocycles. The summed E-state index contributed by atoms with van der Waals surface area (Å²) >= 11 is 0. The van der Waals surface area contributed by atoms with Gasteiger partial charge >= 0.3 is 11.9 Å². The predicted molar refractivity (Wildman–Crippen MR) is 103 cm³/mol. The molecule has 0 heterocycles. The predicted octanol–water partition coefficient (Wildman–Crippen LogP) is 5.14. The van der Waals surface area contributed by atoms with E-state index in [1.165, 1.54) is 14.2 Å². The van der Waals surface area contributed by atoms with E-state index in [4.69, 9.17) is 0 Å². The highest BCUT2D eigenvalue weighted by Gasteiger charge is 2.03. The molecule has 5 nitrogen and oxygen atoms in total. The molecule has 0 rings (SSSR count). The zero-order valence-corrected chi connectivity index (χ0v) is 16.9. The minimum Gasteiger partial charge on any atom is -0.469 e. The third-order valence-electron chi connectivity index (χ3n) is 4.63. The van der Waals surface area contributed by atoms with Gasteiger partial charge in [-0.3, -0.25) is 14.4 Å². The van der Waals surface area contributed by atoms with Crippen molar-refractivity contribution in [1.82, 2.24) is 0 Å². The first-order valence-electron chi connectivity index (χ1n) is 10.3. The SMILES string of the molecule is COC(=O)CCCCCCCCC(=O)CCCCCCCCC(=O)OC. The van der Waals surface area contributed by atoms with Crippen molar-refractivity contribution in [3.8, 4) is 0 Å². The zero-order chi connectivity index (χ0) is 19.5. The van der Waals surface area contributed by atoms with Crippen molar-refractivity contribution < 1.29 is 23.9 Å². The summed E-state index contributed by atoms with van der Waals surface area (Å²) < 4.78 is 9.21. The molecular formula is C21H38O5. The van der Waals surface area contributed by atoms with Crippen molar-refractivity contribution >= 4 is 17.7 Å². The van der Waals surface area contributed by atoms with Gasteiger partial charge in [0.05, 0.1) is 14.2 Å². The number of Topliss-reactive ketones (excluding diaryl/α,β-unsaturated/α-hetero) is 1. The van der Waals surface area contributed by atoms with Gasteiger partial charge in [0.25, 0.3) is 0 Å². The minimum atomic E-state index is -0.128. The lowest BCUT2D eigenvalue weighted by molar-refractivity contribution is -0.141. The zero-order valence-electron chi connectivity index (χ0n) is 16.9. The summed E-state index contributed by atoms with van der Waals surface area (Å²) in [5, 5.41) is 0. The van der Waals surface area contributed by atoms with E-state index in [0.29, 0.717) is 31.5 Å². The van der Waals surface area contributed by atoms with Gasteiger partial charge < -0.3 is 9.47 Å². The van der Waals surface area contributed by atoms with E-state index in [1.54, 1.807) is 0 Å². The van der Waals surface area contributed by atoms with Crippen molar-refractivity contribution in [3.05, 3.63) is 0 Å². The fraction of sp³-hybridized carbons (Fsp3) is 0.857. The average Bonchev–Trinajstić information content (AvgIpc) is 2.65. The molecule has 0 aliphatic heterocycles. The maximum atomic E-state index is 11.8. The van der Waals surface area contributed by atoms with Crippen LogP contribution in [-0.2, 0) is 23.9 Å². The molecule has 26 heavy (non-hydrogen) atoms. The van der Waals surface area contributed by atoms with Crippen LogP contribution in [0.2, 0.25) is 0 Å². The number of ketones is 1. The van der Waals surface area contributed by atoms with Crippen LogP contribution in [0.3, 0.4) is 0 Å². The lowest BCUT2D eigenvalue weighted by Crippen LogP contribution is -1.99. The number of hydrogen-bond acceptors (Lipinski definition) is 5. The molecule has 0 radical (unpaired) electrons. The van der Waals surface area contributed by atoms with E-state index < -0.39 is 0 Å². The monoisotopic (exact) mass is 370 g/mol. The standard InChI is InChI=1S/C21H38O5/c1-25-20(23)17-13-9-5-3-7-11-15-19(22)16-12-8-4-6-10-14-18-21(24)26-2/h3-18H2,1-2H3. The van der Waals surface area contributed by atoms with Crippen molar-refractivity contribution in [2.75, 3.05) is 14.2 Å². The second-order valence-corrected chi connectivity index (χ2v) is 6.93. The molecule has 0 atom stereocenters. The number of methoxy groups -OCH3 is 2. The third-order valence-corrected chi connectivity index (χ3v) is 4.63. The topological polar surface area (TPSA) is 69.7 Å². The van der Waals surface area contributed by atoms with Gasteiger partial charge in [-0.15, -0.1) is 0 Å². The molecule has 152 valence electrons. The first kappa shape index (κ1) is 24.6. The molecule has 0 bridgehead atoms. The first-order valence-corrected chi connectivity index (χ1v) is 10.3. The Labute approximate surface area is 159 Å². The molecule has 0 amide bonds. The largest absolute Gasteiger partial charge is 0.469 e. The van der Waals surface area contributed by atoms with Crippen LogP contribution in [0.25, 0.3) is 0 Å². The highest BCUT2D eigenvalue weighted by molar-refractivity contribution is 5.78. The minimum absolute atomic E-state index is 0.128. The fourth-order valence-electron chi connectivity index (χ4n) is 2.93. The average molecular weight is 371 g/mol. The van der Waals surface area contributed by atoms with Crippen LogP contribution in [0.15, 0.2) is 0 Å². The van der Waals surface area contributed by atoms with Gasteiger partial charge in [-0.25, -0.2) is 0 Å². The molecule has 0 fully saturated rings. The Morgan fingerprint density at radius 3 is 1.04 bits per heavy atom. The first-order chi connectivity index (χ1) is 12.6. The summed E-state index contributed by atoms with van der Waals surface area (Å²) in [6.07, 6.45) is 15.1. The Kier molecular flexibility index (Phi) is 17.4. The number of carbonyl (C=O) groups is 3. The lowest BCUT2D eigenvalue weighted by Gasteiger charge is -2.03. The normalized spacial score (nSPS) is 10.5. The van der Waals surface area contributed by atoms with E-state index in [0.717, 1.165) is 77.0 Å². The molecular weight excluding hydrogens is 332 g/mol. The number of ether oxygens (including phenoxy) is 2. The van der Waals surface area contributed by atoms with Crippen molar-refractivity contribution in [2.24, 2.45) is 0 Å². The highest BCUT2D eigenvalue weighted by Crippen LogP contribution is 2.12. The van der Waals surface area contributed by atoms with Crippen LogP contribution < -0.4 is 0 Å². The molecule has 0 spiro atoms. The Morgan fingerprint density at radius 2 is 0.731 bits per heavy atom. The van der Waals surface area contributed by atoms with Crippen LogP contribution in [0, 0.1) is 0 Å². The molecule has 0 unspecified atom stereocenters. The Hall–Kier alpha value is -1.39. The van der Waals surface area contributed by atoms with Crippen LogP contribution in [0.5, 0.6) is 0 Å². The summed E-state index contributed by atoms with van der Waals surface area (Å²) in [4.78, 5) is 33.7. The van der Waals surface area contributed by atoms with Crippen molar-refractivity contribution in [3.63, 3.8) is 0 Å². The van der Waals surface area contributed by atoms with Crippen LogP contribution in [0.1, 0.15) is 103 Å². The third kappa shape index (κ3) is 17.4. The molecule has 0 N–H and O–H groups in total. The molecule has 0 aliphatic carbocycles. The van der Waals surface area contributed by atoms with Gasteiger partial charge in [0, 0.05) is 25.7 Å². The van der Waals surface area contributed by atoms with E-state index >= 15 is 0 Å². The van der Waals surface area contributed by atoms with Gasteiger partial charge in [-0.05, 0) is 25.7 Å². The molecule has 0 saturated carbocycles. The Balaban J connectivity index is 3.25. The van der Waals surface area contributed by atoms with Crippen LogP contribution in [-0.4, -0.2) is 31.9 Å².